The molecule has 144 valence electrons. The monoisotopic (exact) mass is 398 g/mol. The number of benzene rings is 1. The largest absolute Gasteiger partial charge is 0.351 e. The smallest absolute Gasteiger partial charge is 0.270 e. The number of nitrogens with one attached hydrogen (secondary N) is 2. The van der Waals surface area contributed by atoms with Crippen LogP contribution in [0.2, 0.25) is 0 Å². The maximum absolute atomic E-state index is 12.9. The lowest BCUT2D eigenvalue weighted by Crippen LogP contribution is -2.50. The molecule has 1 fully saturated rings. The zero-order valence-electron chi connectivity index (χ0n) is 15.1. The van der Waals surface area contributed by atoms with Crippen LogP contribution in [0.15, 0.2) is 36.4 Å². The molecule has 0 radical (unpaired) electrons. The summed E-state index contributed by atoms with van der Waals surface area (Å²) in [6.45, 7) is 2.81. The average molecular weight is 399 g/mol. The van der Waals surface area contributed by atoms with E-state index in [1.807, 2.05) is 35.0 Å². The van der Waals surface area contributed by atoms with Gasteiger partial charge in [0.25, 0.3) is 5.91 Å². The van der Waals surface area contributed by atoms with E-state index in [0.29, 0.717) is 44.2 Å². The van der Waals surface area contributed by atoms with Gasteiger partial charge in [0.05, 0.1) is 24.7 Å². The first-order valence-corrected chi connectivity index (χ1v) is 9.58. The second-order valence-corrected chi connectivity index (χ2v) is 7.53. The average Bonchev–Trinajstić information content (AvgIpc) is 3.28. The Labute approximate surface area is 166 Å². The normalized spacial score (nSPS) is 16.7. The van der Waals surface area contributed by atoms with E-state index >= 15 is 0 Å². The van der Waals surface area contributed by atoms with Crippen molar-refractivity contribution in [2.24, 2.45) is 5.92 Å². The van der Waals surface area contributed by atoms with Crippen molar-refractivity contribution in [3.8, 4) is 0 Å². The molecule has 8 nitrogen and oxygen atoms in total. The van der Waals surface area contributed by atoms with Crippen molar-refractivity contribution >= 4 is 40.3 Å². The van der Waals surface area contributed by atoms with E-state index in [1.54, 1.807) is 11.0 Å². The number of halogens is 1. The number of hydrogen-bond donors (Lipinski definition) is 2. The molecule has 2 aliphatic heterocycles. The topological polar surface area (TPSA) is 86.3 Å². The molecule has 1 aromatic carbocycles. The minimum Gasteiger partial charge on any atom is -0.351 e. The van der Waals surface area contributed by atoms with Gasteiger partial charge in [0, 0.05) is 48.4 Å². The molecule has 2 aromatic heterocycles. The molecule has 0 aliphatic carbocycles. The van der Waals surface area contributed by atoms with Crippen LogP contribution in [0.3, 0.4) is 0 Å². The van der Waals surface area contributed by atoms with Crippen LogP contribution in [-0.2, 0) is 17.9 Å². The van der Waals surface area contributed by atoms with Crippen molar-refractivity contribution in [1.29, 1.82) is 0 Å². The number of carbonyl (C=O) groups is 2. The van der Waals surface area contributed by atoms with E-state index in [9.17, 15) is 9.59 Å². The number of hydrogen-bond acceptors (Lipinski definition) is 4. The SMILES string of the molecule is O=C(c1cc2ccccc2[nH]1)N1CCn2nc(N(Cl)C(=O)C3CNC3)cc2C1. The van der Waals surface area contributed by atoms with Crippen molar-refractivity contribution in [3.05, 3.63) is 47.8 Å². The number of fused-ring (bicyclic) bond motifs is 2. The third-order valence-electron chi connectivity index (χ3n) is 5.36. The highest BCUT2D eigenvalue weighted by Gasteiger charge is 2.32. The van der Waals surface area contributed by atoms with Gasteiger partial charge in [-0.15, -0.1) is 0 Å². The minimum absolute atomic E-state index is 0.0513. The maximum atomic E-state index is 12.9. The highest BCUT2D eigenvalue weighted by molar-refractivity contribution is 6.36. The van der Waals surface area contributed by atoms with Crippen molar-refractivity contribution in [2.45, 2.75) is 13.1 Å². The van der Waals surface area contributed by atoms with Crippen molar-refractivity contribution in [3.63, 3.8) is 0 Å². The van der Waals surface area contributed by atoms with Crippen LogP contribution in [0.1, 0.15) is 16.2 Å². The number of H-pyrrole nitrogens is 1. The van der Waals surface area contributed by atoms with Gasteiger partial charge in [-0.1, -0.05) is 18.2 Å². The van der Waals surface area contributed by atoms with Gasteiger partial charge in [0.15, 0.2) is 5.82 Å². The lowest BCUT2D eigenvalue weighted by atomic mass is 10.0. The molecule has 1 saturated heterocycles. The molecule has 5 rings (SSSR count). The highest BCUT2D eigenvalue weighted by Crippen LogP contribution is 2.24. The zero-order valence-corrected chi connectivity index (χ0v) is 15.8. The van der Waals surface area contributed by atoms with Gasteiger partial charge in [-0.25, -0.2) is 4.42 Å². The first-order valence-electron chi connectivity index (χ1n) is 9.24. The lowest BCUT2D eigenvalue weighted by molar-refractivity contribution is -0.122. The number of carbonyl (C=O) groups excluding carboxylic acids is 2. The number of anilines is 1. The molecule has 4 heterocycles. The molecular weight excluding hydrogens is 380 g/mol. The fourth-order valence-electron chi connectivity index (χ4n) is 3.62. The molecule has 0 unspecified atom stereocenters. The number of rotatable bonds is 3. The number of para-hydroxylation sites is 1. The van der Waals surface area contributed by atoms with Crippen molar-refractivity contribution < 1.29 is 9.59 Å². The molecule has 2 amide bonds. The molecule has 2 N–H and O–H groups in total. The number of nitrogens with zero attached hydrogens (tertiary/aromatic N) is 4. The van der Waals surface area contributed by atoms with E-state index < -0.39 is 0 Å². The predicted molar refractivity (Wildman–Crippen MR) is 105 cm³/mol. The second kappa shape index (κ2) is 6.65. The molecule has 3 aromatic rings. The number of amides is 2. The van der Waals surface area contributed by atoms with Crippen LogP contribution in [0.4, 0.5) is 5.82 Å². The van der Waals surface area contributed by atoms with Crippen molar-refractivity contribution in [2.75, 3.05) is 24.1 Å². The van der Waals surface area contributed by atoms with Gasteiger partial charge in [0.1, 0.15) is 5.69 Å². The first kappa shape index (κ1) is 17.3. The second-order valence-electron chi connectivity index (χ2n) is 7.19. The Morgan fingerprint density at radius 2 is 2.00 bits per heavy atom. The maximum Gasteiger partial charge on any atom is 0.270 e. The van der Waals surface area contributed by atoms with Gasteiger partial charge < -0.3 is 15.2 Å². The summed E-state index contributed by atoms with van der Waals surface area (Å²) in [6, 6.07) is 11.5. The minimum atomic E-state index is -0.151. The zero-order chi connectivity index (χ0) is 19.3. The molecule has 28 heavy (non-hydrogen) atoms. The van der Waals surface area contributed by atoms with Gasteiger partial charge >= 0.3 is 0 Å². The van der Waals surface area contributed by atoms with Gasteiger partial charge in [-0.3, -0.25) is 14.3 Å². The Balaban J connectivity index is 1.34. The van der Waals surface area contributed by atoms with Crippen molar-refractivity contribution in [1.82, 2.24) is 25.0 Å². The van der Waals surface area contributed by atoms with Crippen LogP contribution >= 0.6 is 11.8 Å². The first-order chi connectivity index (χ1) is 13.6. The molecule has 9 heteroatoms. The van der Waals surface area contributed by atoms with E-state index in [1.165, 1.54) is 0 Å². The van der Waals surface area contributed by atoms with Gasteiger partial charge in [0.2, 0.25) is 5.91 Å². The molecule has 0 atom stereocenters. The van der Waals surface area contributed by atoms with E-state index in [2.05, 4.69) is 15.4 Å². The van der Waals surface area contributed by atoms with E-state index in [0.717, 1.165) is 21.0 Å². The molecule has 0 spiro atoms. The quantitative estimate of drug-likeness (QED) is 0.658. The third-order valence-corrected chi connectivity index (χ3v) is 5.70. The fourth-order valence-corrected chi connectivity index (χ4v) is 3.84. The summed E-state index contributed by atoms with van der Waals surface area (Å²) in [4.78, 5) is 30.2. The lowest BCUT2D eigenvalue weighted by Gasteiger charge is -2.27. The predicted octanol–water partition coefficient (Wildman–Crippen LogP) is 1.73. The summed E-state index contributed by atoms with van der Waals surface area (Å²) in [7, 11) is 0. The summed E-state index contributed by atoms with van der Waals surface area (Å²) >= 11 is 6.22. The Morgan fingerprint density at radius 1 is 1.18 bits per heavy atom. The highest BCUT2D eigenvalue weighted by atomic mass is 35.5. The Morgan fingerprint density at radius 3 is 2.75 bits per heavy atom. The van der Waals surface area contributed by atoms with Gasteiger partial charge in [-0.05, 0) is 12.1 Å². The Hall–Kier alpha value is -2.84. The number of aromatic nitrogens is 3. The summed E-state index contributed by atoms with van der Waals surface area (Å²) in [6.07, 6.45) is 0. The Bertz CT molecular complexity index is 1040. The van der Waals surface area contributed by atoms with Gasteiger partial charge in [-0.2, -0.15) is 5.10 Å². The molecular formula is C19H19ClN6O2. The van der Waals surface area contributed by atoms with Crippen LogP contribution in [-0.4, -0.2) is 51.1 Å². The third kappa shape index (κ3) is 2.85. The van der Waals surface area contributed by atoms with E-state index in [4.69, 9.17) is 11.8 Å². The summed E-state index contributed by atoms with van der Waals surface area (Å²) in [5.41, 5.74) is 2.37. The Kier molecular flexibility index (Phi) is 4.10. The number of aromatic amines is 1. The summed E-state index contributed by atoms with van der Waals surface area (Å²) < 4.78 is 2.91. The standard InChI is InChI=1S/C19H19ClN6O2/c20-26(18(27)13-9-21-10-13)17-8-14-11-24(5-6-25(14)23-17)19(28)16-7-12-3-1-2-4-15(12)22-16/h1-4,7-8,13,21-22H,5-6,9-11H2. The van der Waals surface area contributed by atoms with Crippen LogP contribution in [0, 0.1) is 5.92 Å². The molecule has 2 aliphatic rings. The molecule has 0 bridgehead atoms. The van der Waals surface area contributed by atoms with Crippen LogP contribution in [0.25, 0.3) is 10.9 Å². The van der Waals surface area contributed by atoms with Crippen LogP contribution in [0.5, 0.6) is 0 Å². The summed E-state index contributed by atoms with van der Waals surface area (Å²) in [5.74, 6) is 0.108. The molecule has 0 saturated carbocycles. The van der Waals surface area contributed by atoms with Crippen LogP contribution < -0.4 is 9.74 Å². The summed E-state index contributed by atoms with van der Waals surface area (Å²) in [5, 5.41) is 8.51. The fraction of sp³-hybridized carbons (Fsp3) is 0.316. The van der Waals surface area contributed by atoms with E-state index in [-0.39, 0.29) is 17.7 Å².